The summed E-state index contributed by atoms with van der Waals surface area (Å²) in [6.07, 6.45) is 3.51. The summed E-state index contributed by atoms with van der Waals surface area (Å²) in [4.78, 5) is 29.0. The van der Waals surface area contributed by atoms with Gasteiger partial charge in [-0.05, 0) is 50.1 Å². The summed E-state index contributed by atoms with van der Waals surface area (Å²) in [7, 11) is 0. The summed E-state index contributed by atoms with van der Waals surface area (Å²) in [5, 5.41) is 2.89. The number of hydrogen-bond donors (Lipinski definition) is 1. The van der Waals surface area contributed by atoms with E-state index in [1.165, 1.54) is 6.92 Å². The second kappa shape index (κ2) is 6.89. The Morgan fingerprint density at radius 3 is 2.72 bits per heavy atom. The van der Waals surface area contributed by atoms with E-state index >= 15 is 0 Å². The fraction of sp³-hybridized carbons (Fsp3) is 0.250. The number of fused-ring (bicyclic) bond motifs is 1. The van der Waals surface area contributed by atoms with Gasteiger partial charge in [0.25, 0.3) is 5.91 Å². The van der Waals surface area contributed by atoms with Gasteiger partial charge in [0.15, 0.2) is 5.78 Å². The zero-order valence-electron chi connectivity index (χ0n) is 14.7. The molecular weight excluding hydrogens is 314 g/mol. The molecule has 3 rings (SSSR count). The number of rotatable bonds is 5. The van der Waals surface area contributed by atoms with Gasteiger partial charge in [0.1, 0.15) is 11.3 Å². The number of imidazole rings is 1. The normalized spacial score (nSPS) is 10.8. The Labute approximate surface area is 146 Å². The van der Waals surface area contributed by atoms with Crippen LogP contribution in [0.3, 0.4) is 0 Å². The standard InChI is InChI=1S/C20H21N3O2/c1-4-6-17-19(23-10-9-13(2)11-18(23)22-17)20(25)21-16-8-5-7-15(12-16)14(3)24/h5,7-12H,4,6H2,1-3H3,(H,21,25). The van der Waals surface area contributed by atoms with Crippen molar-refractivity contribution in [3.63, 3.8) is 0 Å². The lowest BCUT2D eigenvalue weighted by Crippen LogP contribution is -2.16. The molecule has 5 nitrogen and oxygen atoms in total. The molecule has 0 aliphatic heterocycles. The molecule has 1 amide bonds. The third-order valence-corrected chi connectivity index (χ3v) is 4.08. The average Bonchev–Trinajstić information content (AvgIpc) is 2.92. The molecule has 2 heterocycles. The van der Waals surface area contributed by atoms with Gasteiger partial charge in [-0.3, -0.25) is 14.0 Å². The SMILES string of the molecule is CCCc1nc2cc(C)ccn2c1C(=O)Nc1cccc(C(C)=O)c1. The number of anilines is 1. The number of aryl methyl sites for hydroxylation is 2. The van der Waals surface area contributed by atoms with Crippen molar-refractivity contribution in [3.8, 4) is 0 Å². The number of Topliss-reactive ketones (excluding diaryl/α,β-unsaturated/α-hetero) is 1. The minimum absolute atomic E-state index is 0.0342. The first-order valence-electron chi connectivity index (χ1n) is 8.39. The molecule has 0 bridgehead atoms. The van der Waals surface area contributed by atoms with Crippen molar-refractivity contribution in [1.29, 1.82) is 0 Å². The van der Waals surface area contributed by atoms with E-state index in [4.69, 9.17) is 0 Å². The molecule has 0 saturated heterocycles. The highest BCUT2D eigenvalue weighted by Crippen LogP contribution is 2.19. The van der Waals surface area contributed by atoms with E-state index in [0.717, 1.165) is 29.7 Å². The molecule has 0 radical (unpaired) electrons. The van der Waals surface area contributed by atoms with E-state index in [9.17, 15) is 9.59 Å². The molecule has 0 aliphatic rings. The highest BCUT2D eigenvalue weighted by atomic mass is 16.2. The maximum atomic E-state index is 12.9. The van der Waals surface area contributed by atoms with Crippen LogP contribution in [0, 0.1) is 6.92 Å². The Hall–Kier alpha value is -2.95. The second-order valence-electron chi connectivity index (χ2n) is 6.18. The maximum Gasteiger partial charge on any atom is 0.274 e. The van der Waals surface area contributed by atoms with Crippen molar-refractivity contribution in [2.24, 2.45) is 0 Å². The molecular formula is C20H21N3O2. The number of nitrogens with zero attached hydrogens (tertiary/aromatic N) is 2. The molecule has 25 heavy (non-hydrogen) atoms. The summed E-state index contributed by atoms with van der Waals surface area (Å²) < 4.78 is 1.82. The van der Waals surface area contributed by atoms with Crippen molar-refractivity contribution in [3.05, 3.63) is 65.1 Å². The van der Waals surface area contributed by atoms with Crippen molar-refractivity contribution in [2.75, 3.05) is 5.32 Å². The lowest BCUT2D eigenvalue weighted by atomic mass is 10.1. The van der Waals surface area contributed by atoms with Gasteiger partial charge in [0.2, 0.25) is 0 Å². The monoisotopic (exact) mass is 335 g/mol. The number of carbonyl (C=O) groups is 2. The predicted octanol–water partition coefficient (Wildman–Crippen LogP) is 4.05. The topological polar surface area (TPSA) is 63.5 Å². The largest absolute Gasteiger partial charge is 0.321 e. The van der Waals surface area contributed by atoms with Crippen molar-refractivity contribution >= 4 is 23.0 Å². The summed E-state index contributed by atoms with van der Waals surface area (Å²) in [6.45, 7) is 5.57. The van der Waals surface area contributed by atoms with Crippen molar-refractivity contribution in [1.82, 2.24) is 9.38 Å². The highest BCUT2D eigenvalue weighted by molar-refractivity contribution is 6.05. The summed E-state index contributed by atoms with van der Waals surface area (Å²) in [6, 6.07) is 10.9. The van der Waals surface area contributed by atoms with Gasteiger partial charge in [-0.1, -0.05) is 25.5 Å². The van der Waals surface area contributed by atoms with Crippen LogP contribution in [0.5, 0.6) is 0 Å². The highest BCUT2D eigenvalue weighted by Gasteiger charge is 2.19. The second-order valence-corrected chi connectivity index (χ2v) is 6.18. The number of ketones is 1. The van der Waals surface area contributed by atoms with Gasteiger partial charge in [0, 0.05) is 17.4 Å². The molecule has 0 aliphatic carbocycles. The maximum absolute atomic E-state index is 12.9. The summed E-state index contributed by atoms with van der Waals surface area (Å²) in [5.74, 6) is -0.256. The molecule has 1 aromatic carbocycles. The smallest absolute Gasteiger partial charge is 0.274 e. The third-order valence-electron chi connectivity index (χ3n) is 4.08. The minimum Gasteiger partial charge on any atom is -0.321 e. The quantitative estimate of drug-likeness (QED) is 0.715. The van der Waals surface area contributed by atoms with E-state index in [-0.39, 0.29) is 11.7 Å². The number of aromatic nitrogens is 2. The Morgan fingerprint density at radius 2 is 2.00 bits per heavy atom. The van der Waals surface area contributed by atoms with E-state index in [0.29, 0.717) is 16.9 Å². The molecule has 2 aromatic heterocycles. The Kier molecular flexibility index (Phi) is 4.65. The van der Waals surface area contributed by atoms with E-state index in [2.05, 4.69) is 17.2 Å². The Bertz CT molecular complexity index is 957. The zero-order valence-corrected chi connectivity index (χ0v) is 14.7. The summed E-state index contributed by atoms with van der Waals surface area (Å²) in [5.41, 5.74) is 4.37. The van der Waals surface area contributed by atoms with Crippen LogP contribution >= 0.6 is 0 Å². The van der Waals surface area contributed by atoms with Gasteiger partial charge in [-0.15, -0.1) is 0 Å². The lowest BCUT2D eigenvalue weighted by molar-refractivity contribution is 0.100. The van der Waals surface area contributed by atoms with Gasteiger partial charge in [-0.25, -0.2) is 4.98 Å². The number of carbonyl (C=O) groups excluding carboxylic acids is 2. The molecule has 1 N–H and O–H groups in total. The Morgan fingerprint density at radius 1 is 1.20 bits per heavy atom. The van der Waals surface area contributed by atoms with Crippen LogP contribution in [0.15, 0.2) is 42.6 Å². The molecule has 0 unspecified atom stereocenters. The number of nitrogens with one attached hydrogen (secondary N) is 1. The number of benzene rings is 1. The number of amides is 1. The molecule has 5 heteroatoms. The molecule has 3 aromatic rings. The summed E-state index contributed by atoms with van der Waals surface area (Å²) >= 11 is 0. The molecule has 0 atom stereocenters. The molecule has 128 valence electrons. The predicted molar refractivity (Wildman–Crippen MR) is 98.3 cm³/mol. The fourth-order valence-electron chi connectivity index (χ4n) is 2.85. The molecule has 0 fully saturated rings. The first kappa shape index (κ1) is 16.9. The van der Waals surface area contributed by atoms with Crippen LogP contribution < -0.4 is 5.32 Å². The van der Waals surface area contributed by atoms with Crippen LogP contribution in [0.2, 0.25) is 0 Å². The van der Waals surface area contributed by atoms with Crippen molar-refractivity contribution in [2.45, 2.75) is 33.6 Å². The first-order chi connectivity index (χ1) is 12.0. The minimum atomic E-state index is -0.222. The van der Waals surface area contributed by atoms with Gasteiger partial charge < -0.3 is 5.32 Å². The zero-order chi connectivity index (χ0) is 18.0. The van der Waals surface area contributed by atoms with Crippen LogP contribution in [0.25, 0.3) is 5.65 Å². The van der Waals surface area contributed by atoms with Crippen LogP contribution in [-0.2, 0) is 6.42 Å². The van der Waals surface area contributed by atoms with E-state index in [1.54, 1.807) is 24.3 Å². The molecule has 0 spiro atoms. The van der Waals surface area contributed by atoms with E-state index in [1.807, 2.05) is 29.7 Å². The number of hydrogen-bond acceptors (Lipinski definition) is 3. The number of pyridine rings is 1. The van der Waals surface area contributed by atoms with Crippen LogP contribution in [-0.4, -0.2) is 21.1 Å². The molecule has 0 saturated carbocycles. The van der Waals surface area contributed by atoms with Crippen LogP contribution in [0.4, 0.5) is 5.69 Å². The Balaban J connectivity index is 2.00. The van der Waals surface area contributed by atoms with Crippen molar-refractivity contribution < 1.29 is 9.59 Å². The van der Waals surface area contributed by atoms with Gasteiger partial charge in [0.05, 0.1) is 5.69 Å². The van der Waals surface area contributed by atoms with Gasteiger partial charge >= 0.3 is 0 Å². The fourth-order valence-corrected chi connectivity index (χ4v) is 2.85. The average molecular weight is 335 g/mol. The first-order valence-corrected chi connectivity index (χ1v) is 8.39. The van der Waals surface area contributed by atoms with Gasteiger partial charge in [-0.2, -0.15) is 0 Å². The van der Waals surface area contributed by atoms with E-state index < -0.39 is 0 Å². The third kappa shape index (κ3) is 3.45. The van der Waals surface area contributed by atoms with Crippen LogP contribution in [0.1, 0.15) is 52.4 Å². The lowest BCUT2D eigenvalue weighted by Gasteiger charge is -2.08.